The molecule has 0 N–H and O–H groups in total. The van der Waals surface area contributed by atoms with Crippen LogP contribution in [0, 0.1) is 13.8 Å². The summed E-state index contributed by atoms with van der Waals surface area (Å²) >= 11 is 1.84. The minimum Gasteiger partial charge on any atom is -0.296 e. The van der Waals surface area contributed by atoms with Gasteiger partial charge in [-0.15, -0.1) is 11.3 Å². The Morgan fingerprint density at radius 1 is 1.10 bits per heavy atom. The van der Waals surface area contributed by atoms with Gasteiger partial charge >= 0.3 is 0 Å². The molecule has 0 saturated carbocycles. The molecule has 0 amide bonds. The van der Waals surface area contributed by atoms with Gasteiger partial charge < -0.3 is 0 Å². The lowest BCUT2D eigenvalue weighted by Gasteiger charge is -2.34. The minimum atomic E-state index is 1.01. The first-order valence-electron chi connectivity index (χ1n) is 7.47. The first-order valence-corrected chi connectivity index (χ1v) is 8.29. The average molecular weight is 302 g/mol. The van der Waals surface area contributed by atoms with Gasteiger partial charge in [0.15, 0.2) is 0 Å². The van der Waals surface area contributed by atoms with E-state index >= 15 is 0 Å². The lowest BCUT2D eigenvalue weighted by atomic mass is 10.2. The molecule has 0 spiro atoms. The van der Waals surface area contributed by atoms with Crippen molar-refractivity contribution in [3.8, 4) is 0 Å². The van der Waals surface area contributed by atoms with Gasteiger partial charge in [0.05, 0.1) is 10.7 Å². The van der Waals surface area contributed by atoms with Crippen LogP contribution in [0.3, 0.4) is 0 Å². The lowest BCUT2D eigenvalue weighted by molar-refractivity contribution is 0.122. The summed E-state index contributed by atoms with van der Waals surface area (Å²) in [5.74, 6) is 0. The fraction of sp³-hybridized carbons (Fsp3) is 0.500. The highest BCUT2D eigenvalue weighted by molar-refractivity contribution is 7.11. The van der Waals surface area contributed by atoms with Crippen molar-refractivity contribution in [1.82, 2.24) is 19.8 Å². The third-order valence-electron chi connectivity index (χ3n) is 3.96. The van der Waals surface area contributed by atoms with Crippen molar-refractivity contribution >= 4 is 11.3 Å². The molecule has 5 heteroatoms. The summed E-state index contributed by atoms with van der Waals surface area (Å²) < 4.78 is 0. The fourth-order valence-electron chi connectivity index (χ4n) is 2.78. The van der Waals surface area contributed by atoms with Crippen LogP contribution in [0.1, 0.15) is 21.1 Å². The van der Waals surface area contributed by atoms with E-state index in [-0.39, 0.29) is 0 Å². The standard InChI is InChI=1S/C16H22N4S/c1-13-16(21-14(2)18-13)12-20-8-6-19(7-9-20)11-15-4-3-5-17-10-15/h3-5,10H,6-9,11-12H2,1-2H3. The molecular weight excluding hydrogens is 280 g/mol. The zero-order valence-corrected chi connectivity index (χ0v) is 13.6. The van der Waals surface area contributed by atoms with Crippen molar-refractivity contribution in [3.63, 3.8) is 0 Å². The Balaban J connectivity index is 1.50. The highest BCUT2D eigenvalue weighted by atomic mass is 32.1. The number of thiazole rings is 1. The summed E-state index contributed by atoms with van der Waals surface area (Å²) in [6, 6.07) is 4.17. The summed E-state index contributed by atoms with van der Waals surface area (Å²) in [6.07, 6.45) is 3.80. The Morgan fingerprint density at radius 2 is 1.81 bits per heavy atom. The molecule has 112 valence electrons. The van der Waals surface area contributed by atoms with Crippen molar-refractivity contribution in [3.05, 3.63) is 45.7 Å². The van der Waals surface area contributed by atoms with Crippen molar-refractivity contribution < 1.29 is 0 Å². The van der Waals surface area contributed by atoms with E-state index in [1.165, 1.54) is 21.1 Å². The molecule has 21 heavy (non-hydrogen) atoms. The van der Waals surface area contributed by atoms with E-state index in [9.17, 15) is 0 Å². The molecule has 1 aliphatic rings. The molecule has 1 fully saturated rings. The number of nitrogens with zero attached hydrogens (tertiary/aromatic N) is 4. The smallest absolute Gasteiger partial charge is 0.0900 e. The summed E-state index contributed by atoms with van der Waals surface area (Å²) in [5.41, 5.74) is 2.51. The molecular formula is C16H22N4S. The molecule has 2 aromatic rings. The van der Waals surface area contributed by atoms with Crippen LogP contribution < -0.4 is 0 Å². The molecule has 0 bridgehead atoms. The lowest BCUT2D eigenvalue weighted by Crippen LogP contribution is -2.45. The molecule has 1 saturated heterocycles. The summed E-state index contributed by atoms with van der Waals surface area (Å²) in [7, 11) is 0. The number of hydrogen-bond acceptors (Lipinski definition) is 5. The van der Waals surface area contributed by atoms with Crippen LogP contribution in [0.4, 0.5) is 0 Å². The normalized spacial score (nSPS) is 17.2. The fourth-order valence-corrected chi connectivity index (χ4v) is 3.76. The van der Waals surface area contributed by atoms with E-state index in [2.05, 4.69) is 39.7 Å². The summed E-state index contributed by atoms with van der Waals surface area (Å²) in [5, 5.41) is 1.18. The molecule has 2 aromatic heterocycles. The number of aromatic nitrogens is 2. The Morgan fingerprint density at radius 3 is 2.38 bits per heavy atom. The van der Waals surface area contributed by atoms with Gasteiger partial charge in [-0.2, -0.15) is 0 Å². The molecule has 0 atom stereocenters. The van der Waals surface area contributed by atoms with Gasteiger partial charge in [0.25, 0.3) is 0 Å². The van der Waals surface area contributed by atoms with E-state index in [1.54, 1.807) is 0 Å². The van der Waals surface area contributed by atoms with E-state index in [0.717, 1.165) is 39.3 Å². The van der Waals surface area contributed by atoms with Crippen molar-refractivity contribution in [1.29, 1.82) is 0 Å². The maximum atomic E-state index is 4.52. The second-order valence-corrected chi connectivity index (χ2v) is 6.94. The van der Waals surface area contributed by atoms with Crippen LogP contribution in [-0.4, -0.2) is 45.9 Å². The van der Waals surface area contributed by atoms with Crippen LogP contribution in [0.2, 0.25) is 0 Å². The van der Waals surface area contributed by atoms with Crippen molar-refractivity contribution in [2.24, 2.45) is 0 Å². The number of piperazine rings is 1. The molecule has 0 aromatic carbocycles. The molecule has 3 heterocycles. The van der Waals surface area contributed by atoms with E-state index < -0.39 is 0 Å². The highest BCUT2D eigenvalue weighted by Gasteiger charge is 2.18. The first kappa shape index (κ1) is 14.6. The van der Waals surface area contributed by atoms with E-state index in [0.29, 0.717) is 0 Å². The molecule has 3 rings (SSSR count). The minimum absolute atomic E-state index is 1.01. The number of hydrogen-bond donors (Lipinski definition) is 0. The maximum Gasteiger partial charge on any atom is 0.0900 e. The van der Waals surface area contributed by atoms with Gasteiger partial charge in [-0.05, 0) is 25.5 Å². The number of pyridine rings is 1. The van der Waals surface area contributed by atoms with Gasteiger partial charge in [-0.3, -0.25) is 14.8 Å². The highest BCUT2D eigenvalue weighted by Crippen LogP contribution is 2.20. The van der Waals surface area contributed by atoms with Gasteiger partial charge in [-0.1, -0.05) is 6.07 Å². The number of rotatable bonds is 4. The van der Waals surface area contributed by atoms with Gasteiger partial charge in [0.1, 0.15) is 0 Å². The van der Waals surface area contributed by atoms with Gasteiger partial charge in [-0.25, -0.2) is 4.98 Å². The largest absolute Gasteiger partial charge is 0.296 e. The molecule has 1 aliphatic heterocycles. The summed E-state index contributed by atoms with van der Waals surface area (Å²) in [6.45, 7) is 10.8. The van der Waals surface area contributed by atoms with Crippen molar-refractivity contribution in [2.75, 3.05) is 26.2 Å². The van der Waals surface area contributed by atoms with Crippen LogP contribution in [0.15, 0.2) is 24.5 Å². The predicted molar refractivity (Wildman–Crippen MR) is 86.4 cm³/mol. The van der Waals surface area contributed by atoms with Gasteiger partial charge in [0, 0.05) is 56.5 Å². The first-order chi connectivity index (χ1) is 10.2. The maximum absolute atomic E-state index is 4.52. The van der Waals surface area contributed by atoms with Gasteiger partial charge in [0.2, 0.25) is 0 Å². The zero-order chi connectivity index (χ0) is 14.7. The Labute approximate surface area is 130 Å². The molecule has 0 radical (unpaired) electrons. The molecule has 4 nitrogen and oxygen atoms in total. The summed E-state index contributed by atoms with van der Waals surface area (Å²) in [4.78, 5) is 15.2. The van der Waals surface area contributed by atoms with E-state index in [1.807, 2.05) is 29.8 Å². The second kappa shape index (κ2) is 6.64. The zero-order valence-electron chi connectivity index (χ0n) is 12.7. The predicted octanol–water partition coefficient (Wildman–Crippen LogP) is 2.47. The van der Waals surface area contributed by atoms with Crippen LogP contribution in [0.25, 0.3) is 0 Å². The van der Waals surface area contributed by atoms with Crippen molar-refractivity contribution in [2.45, 2.75) is 26.9 Å². The second-order valence-electron chi connectivity index (χ2n) is 5.66. The Kier molecular flexibility index (Phi) is 4.63. The molecule has 0 aliphatic carbocycles. The molecule has 0 unspecified atom stereocenters. The quantitative estimate of drug-likeness (QED) is 0.868. The third kappa shape index (κ3) is 3.87. The van der Waals surface area contributed by atoms with E-state index in [4.69, 9.17) is 0 Å². The number of aryl methyl sites for hydroxylation is 2. The Bertz CT molecular complexity index is 573. The average Bonchev–Trinajstić information content (AvgIpc) is 2.80. The SMILES string of the molecule is Cc1nc(C)c(CN2CCN(Cc3cccnc3)CC2)s1. The third-order valence-corrected chi connectivity index (χ3v) is 5.02. The topological polar surface area (TPSA) is 32.3 Å². The van der Waals surface area contributed by atoms with Crippen LogP contribution >= 0.6 is 11.3 Å². The van der Waals surface area contributed by atoms with Crippen LogP contribution in [-0.2, 0) is 13.1 Å². The van der Waals surface area contributed by atoms with Crippen LogP contribution in [0.5, 0.6) is 0 Å². The monoisotopic (exact) mass is 302 g/mol. The Hall–Kier alpha value is -1.30.